The number of nitrogens with zero attached hydrogens (tertiary/aromatic N) is 1. The number of rotatable bonds is 3. The van der Waals surface area contributed by atoms with Crippen LogP contribution in [-0.4, -0.2) is 42.6 Å². The Morgan fingerprint density at radius 2 is 2.16 bits per heavy atom. The molecule has 0 radical (unpaired) electrons. The molecule has 1 fully saturated rings. The Morgan fingerprint density at radius 3 is 2.79 bits per heavy atom. The van der Waals surface area contributed by atoms with Crippen LogP contribution in [0.1, 0.15) is 23.2 Å². The summed E-state index contributed by atoms with van der Waals surface area (Å²) in [6.45, 7) is 2.91. The summed E-state index contributed by atoms with van der Waals surface area (Å²) in [5.41, 5.74) is 0.494. The number of amides is 1. The lowest BCUT2D eigenvalue weighted by atomic mass is 9.97. The first-order valence-corrected chi connectivity index (χ1v) is 7.31. The molecule has 5 heteroatoms. The average molecular weight is 327 g/mol. The molecule has 0 saturated carbocycles. The van der Waals surface area contributed by atoms with E-state index in [-0.39, 0.29) is 11.7 Å². The van der Waals surface area contributed by atoms with Crippen molar-refractivity contribution < 1.29 is 9.90 Å². The fourth-order valence-electron chi connectivity index (χ4n) is 2.26. The van der Waals surface area contributed by atoms with E-state index in [1.807, 2.05) is 0 Å². The molecule has 2 rings (SSSR count). The SMILES string of the molecule is CN1CCC(CNC(=O)c2ccc(Br)c(O)c2)CC1. The van der Waals surface area contributed by atoms with Crippen molar-refractivity contribution in [2.45, 2.75) is 12.8 Å². The number of aromatic hydroxyl groups is 1. The second kappa shape index (κ2) is 6.39. The summed E-state index contributed by atoms with van der Waals surface area (Å²) in [6.07, 6.45) is 2.25. The molecule has 1 aliphatic heterocycles. The minimum Gasteiger partial charge on any atom is -0.507 e. The third-order valence-electron chi connectivity index (χ3n) is 3.60. The van der Waals surface area contributed by atoms with Gasteiger partial charge in [0.2, 0.25) is 0 Å². The first kappa shape index (κ1) is 14.3. The fourth-order valence-corrected chi connectivity index (χ4v) is 2.51. The summed E-state index contributed by atoms with van der Waals surface area (Å²) in [4.78, 5) is 14.3. The molecule has 4 nitrogen and oxygen atoms in total. The van der Waals surface area contributed by atoms with Crippen molar-refractivity contribution in [3.63, 3.8) is 0 Å². The van der Waals surface area contributed by atoms with Crippen molar-refractivity contribution in [1.82, 2.24) is 10.2 Å². The molecule has 1 heterocycles. The van der Waals surface area contributed by atoms with Gasteiger partial charge in [-0.05, 0) is 73.0 Å². The first-order valence-electron chi connectivity index (χ1n) is 6.51. The van der Waals surface area contributed by atoms with Gasteiger partial charge in [0, 0.05) is 12.1 Å². The highest BCUT2D eigenvalue weighted by molar-refractivity contribution is 9.10. The number of carbonyl (C=O) groups excluding carboxylic acids is 1. The van der Waals surface area contributed by atoms with Crippen LogP contribution in [0.15, 0.2) is 22.7 Å². The van der Waals surface area contributed by atoms with Crippen molar-refractivity contribution in [3.05, 3.63) is 28.2 Å². The monoisotopic (exact) mass is 326 g/mol. The van der Waals surface area contributed by atoms with Crippen LogP contribution < -0.4 is 5.32 Å². The Bertz CT molecular complexity index is 457. The molecule has 0 unspecified atom stereocenters. The molecule has 0 spiro atoms. The summed E-state index contributed by atoms with van der Waals surface area (Å²) >= 11 is 3.20. The predicted octanol–water partition coefficient (Wildman–Crippen LogP) is 2.23. The van der Waals surface area contributed by atoms with Crippen molar-refractivity contribution >= 4 is 21.8 Å². The molecule has 1 amide bonds. The number of phenolic OH excluding ortho intramolecular Hbond substituents is 1. The molecule has 2 N–H and O–H groups in total. The van der Waals surface area contributed by atoms with Gasteiger partial charge in [0.15, 0.2) is 0 Å². The van der Waals surface area contributed by atoms with Gasteiger partial charge in [-0.3, -0.25) is 4.79 Å². The lowest BCUT2D eigenvalue weighted by Crippen LogP contribution is -2.36. The lowest BCUT2D eigenvalue weighted by Gasteiger charge is -2.28. The van der Waals surface area contributed by atoms with Crippen LogP contribution in [0.25, 0.3) is 0 Å². The van der Waals surface area contributed by atoms with Gasteiger partial charge in [-0.25, -0.2) is 0 Å². The van der Waals surface area contributed by atoms with Crippen LogP contribution in [0.4, 0.5) is 0 Å². The highest BCUT2D eigenvalue weighted by Crippen LogP contribution is 2.24. The Hall–Kier alpha value is -1.07. The highest BCUT2D eigenvalue weighted by atomic mass is 79.9. The zero-order valence-electron chi connectivity index (χ0n) is 11.0. The van der Waals surface area contributed by atoms with Gasteiger partial charge in [-0.15, -0.1) is 0 Å². The lowest BCUT2D eigenvalue weighted by molar-refractivity contribution is 0.0938. The van der Waals surface area contributed by atoms with E-state index in [4.69, 9.17) is 0 Å². The largest absolute Gasteiger partial charge is 0.507 e. The molecule has 0 atom stereocenters. The molecular formula is C14H19BrN2O2. The Labute approximate surface area is 121 Å². The predicted molar refractivity (Wildman–Crippen MR) is 78.4 cm³/mol. The van der Waals surface area contributed by atoms with E-state index in [1.54, 1.807) is 12.1 Å². The van der Waals surface area contributed by atoms with E-state index >= 15 is 0 Å². The van der Waals surface area contributed by atoms with E-state index in [0.29, 0.717) is 22.5 Å². The van der Waals surface area contributed by atoms with Crippen molar-refractivity contribution in [2.75, 3.05) is 26.7 Å². The molecule has 1 aliphatic rings. The van der Waals surface area contributed by atoms with Crippen LogP contribution in [-0.2, 0) is 0 Å². The minimum atomic E-state index is -0.123. The number of phenols is 1. The van der Waals surface area contributed by atoms with Gasteiger partial charge < -0.3 is 15.3 Å². The molecular weight excluding hydrogens is 308 g/mol. The first-order chi connectivity index (χ1) is 9.06. The van der Waals surface area contributed by atoms with Crippen molar-refractivity contribution in [1.29, 1.82) is 0 Å². The minimum absolute atomic E-state index is 0.0898. The Balaban J connectivity index is 1.85. The van der Waals surface area contributed by atoms with Crippen LogP contribution in [0.3, 0.4) is 0 Å². The number of nitrogens with one attached hydrogen (secondary N) is 1. The third kappa shape index (κ3) is 3.94. The Morgan fingerprint density at radius 1 is 1.47 bits per heavy atom. The van der Waals surface area contributed by atoms with Crippen LogP contribution >= 0.6 is 15.9 Å². The normalized spacial score (nSPS) is 17.4. The molecule has 1 aromatic carbocycles. The van der Waals surface area contributed by atoms with Gasteiger partial charge in [0.05, 0.1) is 4.47 Å². The van der Waals surface area contributed by atoms with E-state index in [1.165, 1.54) is 6.07 Å². The summed E-state index contributed by atoms with van der Waals surface area (Å²) in [5.74, 6) is 0.526. The van der Waals surface area contributed by atoms with Crippen molar-refractivity contribution in [2.24, 2.45) is 5.92 Å². The number of carbonyl (C=O) groups is 1. The number of hydrogen-bond donors (Lipinski definition) is 2. The van der Waals surface area contributed by atoms with Crippen LogP contribution in [0, 0.1) is 5.92 Å². The maximum Gasteiger partial charge on any atom is 0.251 e. The smallest absolute Gasteiger partial charge is 0.251 e. The molecule has 104 valence electrons. The molecule has 0 bridgehead atoms. The van der Waals surface area contributed by atoms with Crippen LogP contribution in [0.5, 0.6) is 5.75 Å². The van der Waals surface area contributed by atoms with E-state index in [2.05, 4.69) is 33.2 Å². The molecule has 0 aliphatic carbocycles. The van der Waals surface area contributed by atoms with Gasteiger partial charge in [0.1, 0.15) is 5.75 Å². The quantitative estimate of drug-likeness (QED) is 0.895. The second-order valence-corrected chi connectivity index (χ2v) is 5.98. The molecule has 1 aromatic rings. The summed E-state index contributed by atoms with van der Waals surface area (Å²) < 4.78 is 0.597. The molecule has 0 aromatic heterocycles. The number of halogens is 1. The van der Waals surface area contributed by atoms with E-state index < -0.39 is 0 Å². The summed E-state index contributed by atoms with van der Waals surface area (Å²) in [6, 6.07) is 4.86. The van der Waals surface area contributed by atoms with E-state index in [0.717, 1.165) is 25.9 Å². The van der Waals surface area contributed by atoms with Gasteiger partial charge in [0.25, 0.3) is 5.91 Å². The summed E-state index contributed by atoms with van der Waals surface area (Å²) in [7, 11) is 2.12. The van der Waals surface area contributed by atoms with Crippen molar-refractivity contribution in [3.8, 4) is 5.75 Å². The number of hydrogen-bond acceptors (Lipinski definition) is 3. The third-order valence-corrected chi connectivity index (χ3v) is 4.27. The zero-order chi connectivity index (χ0) is 13.8. The maximum absolute atomic E-state index is 12.0. The van der Waals surface area contributed by atoms with Crippen LogP contribution in [0.2, 0.25) is 0 Å². The van der Waals surface area contributed by atoms with Gasteiger partial charge in [-0.1, -0.05) is 0 Å². The topological polar surface area (TPSA) is 52.6 Å². The summed E-state index contributed by atoms with van der Waals surface area (Å²) in [5, 5.41) is 12.5. The number of benzene rings is 1. The second-order valence-electron chi connectivity index (χ2n) is 5.12. The standard InChI is InChI=1S/C14H19BrN2O2/c1-17-6-4-10(5-7-17)9-16-14(19)11-2-3-12(15)13(18)8-11/h2-3,8,10,18H,4-7,9H2,1H3,(H,16,19). The van der Waals surface area contributed by atoms with Gasteiger partial charge in [-0.2, -0.15) is 0 Å². The average Bonchev–Trinajstić information content (AvgIpc) is 2.41. The maximum atomic E-state index is 12.0. The number of likely N-dealkylation sites (tertiary alicyclic amines) is 1. The fraction of sp³-hybridized carbons (Fsp3) is 0.500. The number of piperidine rings is 1. The molecule has 1 saturated heterocycles. The Kier molecular flexibility index (Phi) is 4.82. The zero-order valence-corrected chi connectivity index (χ0v) is 12.6. The van der Waals surface area contributed by atoms with E-state index in [9.17, 15) is 9.90 Å². The van der Waals surface area contributed by atoms with Gasteiger partial charge >= 0.3 is 0 Å². The highest BCUT2D eigenvalue weighted by Gasteiger charge is 2.17. The molecule has 19 heavy (non-hydrogen) atoms.